The van der Waals surface area contributed by atoms with Crippen LogP contribution in [0.2, 0.25) is 0 Å². The molecule has 0 N–H and O–H groups in total. The van der Waals surface area contributed by atoms with Gasteiger partial charge in [0, 0.05) is 0 Å². The first-order chi connectivity index (χ1) is 6.06. The molecule has 0 aromatic heterocycles. The average molecular weight is 219 g/mol. The summed E-state index contributed by atoms with van der Waals surface area (Å²) in [5.74, 6) is 0. The SMILES string of the molecule is CCOP(=O)(Cl)c1ccc(C)cc1. The molecule has 0 radical (unpaired) electrons. The van der Waals surface area contributed by atoms with E-state index in [4.69, 9.17) is 15.8 Å². The van der Waals surface area contributed by atoms with Gasteiger partial charge in [0.1, 0.15) is 0 Å². The second-order valence-electron chi connectivity index (χ2n) is 2.73. The van der Waals surface area contributed by atoms with E-state index in [0.717, 1.165) is 5.56 Å². The van der Waals surface area contributed by atoms with Crippen molar-refractivity contribution in [2.45, 2.75) is 13.8 Å². The predicted octanol–water partition coefficient (Wildman–Crippen LogP) is 3.09. The largest absolute Gasteiger partial charge is 0.319 e. The van der Waals surface area contributed by atoms with Crippen molar-refractivity contribution in [2.75, 3.05) is 6.61 Å². The Balaban J connectivity index is 2.94. The molecular formula is C9H12ClO2P. The molecular weight excluding hydrogens is 207 g/mol. The molecule has 0 bridgehead atoms. The molecule has 13 heavy (non-hydrogen) atoms. The molecule has 1 aromatic carbocycles. The van der Waals surface area contributed by atoms with Crippen LogP contribution in [0.25, 0.3) is 0 Å². The zero-order chi connectivity index (χ0) is 9.90. The van der Waals surface area contributed by atoms with E-state index in [9.17, 15) is 4.57 Å². The molecule has 0 spiro atoms. The Kier molecular flexibility index (Phi) is 3.55. The first-order valence-electron chi connectivity index (χ1n) is 4.07. The van der Waals surface area contributed by atoms with Crippen molar-refractivity contribution in [1.82, 2.24) is 0 Å². The fourth-order valence-corrected chi connectivity index (χ4v) is 2.58. The van der Waals surface area contributed by atoms with Crippen LogP contribution in [0.15, 0.2) is 24.3 Å². The van der Waals surface area contributed by atoms with Crippen molar-refractivity contribution in [3.63, 3.8) is 0 Å². The molecule has 0 fully saturated rings. The molecule has 1 aromatic rings. The predicted molar refractivity (Wildman–Crippen MR) is 55.9 cm³/mol. The Morgan fingerprint density at radius 3 is 2.38 bits per heavy atom. The zero-order valence-corrected chi connectivity index (χ0v) is 9.31. The molecule has 2 nitrogen and oxygen atoms in total. The van der Waals surface area contributed by atoms with Gasteiger partial charge in [0.2, 0.25) is 0 Å². The Morgan fingerprint density at radius 2 is 1.92 bits per heavy atom. The van der Waals surface area contributed by atoms with Gasteiger partial charge in [-0.2, -0.15) is 0 Å². The number of hydrogen-bond acceptors (Lipinski definition) is 2. The molecule has 4 heteroatoms. The fourth-order valence-electron chi connectivity index (χ4n) is 0.963. The van der Waals surface area contributed by atoms with Gasteiger partial charge in [0.15, 0.2) is 0 Å². The summed E-state index contributed by atoms with van der Waals surface area (Å²) in [6.07, 6.45) is 0. The monoisotopic (exact) mass is 218 g/mol. The van der Waals surface area contributed by atoms with Crippen molar-refractivity contribution >= 4 is 23.3 Å². The van der Waals surface area contributed by atoms with Crippen molar-refractivity contribution in [1.29, 1.82) is 0 Å². The van der Waals surface area contributed by atoms with Crippen LogP contribution < -0.4 is 5.30 Å². The van der Waals surface area contributed by atoms with Gasteiger partial charge in [0.25, 0.3) is 0 Å². The lowest BCUT2D eigenvalue weighted by molar-refractivity contribution is 0.352. The quantitative estimate of drug-likeness (QED) is 0.729. The summed E-state index contributed by atoms with van der Waals surface area (Å²) < 4.78 is 16.6. The van der Waals surface area contributed by atoms with E-state index in [1.54, 1.807) is 19.1 Å². The highest BCUT2D eigenvalue weighted by Gasteiger charge is 2.21. The minimum atomic E-state index is -3.09. The van der Waals surface area contributed by atoms with E-state index in [-0.39, 0.29) is 0 Å². The number of rotatable bonds is 3. The van der Waals surface area contributed by atoms with Gasteiger partial charge in [-0.15, -0.1) is 0 Å². The van der Waals surface area contributed by atoms with E-state index >= 15 is 0 Å². The standard InChI is InChI=1S/C9H12ClO2P/c1-3-12-13(10,11)9-6-4-8(2)5-7-9/h4-7H,3H2,1-2H3. The molecule has 1 unspecified atom stereocenters. The maximum absolute atomic E-state index is 11.7. The summed E-state index contributed by atoms with van der Waals surface area (Å²) in [7, 11) is 0. The van der Waals surface area contributed by atoms with Crippen LogP contribution >= 0.6 is 18.0 Å². The first kappa shape index (κ1) is 10.8. The smallest absolute Gasteiger partial charge is 0.315 e. The topological polar surface area (TPSA) is 26.3 Å². The van der Waals surface area contributed by atoms with Crippen LogP contribution in [-0.4, -0.2) is 6.61 Å². The normalized spacial score (nSPS) is 15.3. The van der Waals surface area contributed by atoms with Crippen LogP contribution in [0, 0.1) is 6.92 Å². The molecule has 72 valence electrons. The zero-order valence-electron chi connectivity index (χ0n) is 7.66. The fraction of sp³-hybridized carbons (Fsp3) is 0.333. The van der Waals surface area contributed by atoms with Gasteiger partial charge >= 0.3 is 6.72 Å². The lowest BCUT2D eigenvalue weighted by atomic mass is 10.2. The highest BCUT2D eigenvalue weighted by atomic mass is 35.7. The maximum atomic E-state index is 11.7. The second-order valence-corrected chi connectivity index (χ2v) is 5.80. The van der Waals surface area contributed by atoms with Gasteiger partial charge in [-0.05, 0) is 37.2 Å². The molecule has 0 aliphatic heterocycles. The van der Waals surface area contributed by atoms with E-state index in [0.29, 0.717) is 11.9 Å². The van der Waals surface area contributed by atoms with Crippen molar-refractivity contribution in [2.24, 2.45) is 0 Å². The van der Waals surface area contributed by atoms with Gasteiger partial charge < -0.3 is 4.52 Å². The van der Waals surface area contributed by atoms with E-state index in [1.165, 1.54) is 0 Å². The van der Waals surface area contributed by atoms with Crippen molar-refractivity contribution in [3.05, 3.63) is 29.8 Å². The van der Waals surface area contributed by atoms with Crippen LogP contribution in [0.4, 0.5) is 0 Å². The number of benzene rings is 1. The number of halogens is 1. The van der Waals surface area contributed by atoms with Crippen LogP contribution in [-0.2, 0) is 9.09 Å². The van der Waals surface area contributed by atoms with Crippen LogP contribution in [0.3, 0.4) is 0 Å². The molecule has 0 amide bonds. The molecule has 1 atom stereocenters. The summed E-state index contributed by atoms with van der Waals surface area (Å²) in [5.41, 5.74) is 1.11. The van der Waals surface area contributed by atoms with Gasteiger partial charge in [0.05, 0.1) is 11.9 Å². The Bertz CT molecular complexity index is 321. The molecule has 1 rings (SSSR count). The van der Waals surface area contributed by atoms with E-state index < -0.39 is 6.72 Å². The molecule has 0 heterocycles. The van der Waals surface area contributed by atoms with E-state index in [2.05, 4.69) is 0 Å². The molecule has 0 aliphatic rings. The summed E-state index contributed by atoms with van der Waals surface area (Å²) in [4.78, 5) is 0. The lowest BCUT2D eigenvalue weighted by Gasteiger charge is -2.09. The summed E-state index contributed by atoms with van der Waals surface area (Å²) in [6, 6.07) is 7.20. The highest BCUT2D eigenvalue weighted by Crippen LogP contribution is 2.50. The van der Waals surface area contributed by atoms with Gasteiger partial charge in [-0.25, -0.2) is 0 Å². The molecule has 0 saturated carbocycles. The minimum absolute atomic E-state index is 0.356. The van der Waals surface area contributed by atoms with E-state index in [1.807, 2.05) is 19.1 Å². The molecule has 0 aliphatic carbocycles. The van der Waals surface area contributed by atoms with Crippen molar-refractivity contribution in [3.8, 4) is 0 Å². The first-order valence-corrected chi connectivity index (χ1v) is 6.60. The Morgan fingerprint density at radius 1 is 1.38 bits per heavy atom. The highest BCUT2D eigenvalue weighted by molar-refractivity contribution is 7.91. The summed E-state index contributed by atoms with van der Waals surface area (Å²) >= 11 is 5.75. The third kappa shape index (κ3) is 2.84. The lowest BCUT2D eigenvalue weighted by Crippen LogP contribution is -2.02. The van der Waals surface area contributed by atoms with Crippen LogP contribution in [0.1, 0.15) is 12.5 Å². The minimum Gasteiger partial charge on any atom is -0.315 e. The third-order valence-corrected chi connectivity index (χ3v) is 4.02. The summed E-state index contributed by atoms with van der Waals surface area (Å²) in [5, 5.41) is 0.557. The summed E-state index contributed by atoms with van der Waals surface area (Å²) in [6.45, 7) is 0.992. The third-order valence-electron chi connectivity index (χ3n) is 1.64. The number of hydrogen-bond donors (Lipinski definition) is 0. The Labute approximate surface area is 83.1 Å². The number of aryl methyl sites for hydroxylation is 1. The van der Waals surface area contributed by atoms with Crippen molar-refractivity contribution < 1.29 is 9.09 Å². The average Bonchev–Trinajstić information content (AvgIpc) is 2.05. The van der Waals surface area contributed by atoms with Gasteiger partial charge in [-0.3, -0.25) is 4.57 Å². The van der Waals surface area contributed by atoms with Crippen LogP contribution in [0.5, 0.6) is 0 Å². The second kappa shape index (κ2) is 4.28. The maximum Gasteiger partial charge on any atom is 0.319 e. The van der Waals surface area contributed by atoms with Gasteiger partial charge in [-0.1, -0.05) is 17.7 Å². The Hall–Kier alpha value is -0.300. The molecule has 0 saturated heterocycles.